The lowest BCUT2D eigenvalue weighted by atomic mass is 9.79. The number of rotatable bonds is 6. The van der Waals surface area contributed by atoms with Crippen LogP contribution in [-0.4, -0.2) is 36.2 Å². The lowest BCUT2D eigenvalue weighted by Gasteiger charge is -2.47. The Bertz CT molecular complexity index is 582. The first kappa shape index (κ1) is 19.7. The van der Waals surface area contributed by atoms with Crippen molar-refractivity contribution in [2.45, 2.75) is 77.0 Å². The maximum atomic E-state index is 12.3. The van der Waals surface area contributed by atoms with Gasteiger partial charge < -0.3 is 20.7 Å². The number of nitrogens with one attached hydrogen (secondary N) is 3. The summed E-state index contributed by atoms with van der Waals surface area (Å²) < 4.78 is 5.19. The topological polar surface area (TPSA) is 62.4 Å². The number of hydrogen-bond donors (Lipinski definition) is 3. The molecule has 1 aromatic rings. The van der Waals surface area contributed by atoms with Crippen molar-refractivity contribution in [3.8, 4) is 5.75 Å². The highest BCUT2D eigenvalue weighted by Crippen LogP contribution is 2.28. The van der Waals surface area contributed by atoms with Crippen LogP contribution in [-0.2, 0) is 4.79 Å². The Morgan fingerprint density at radius 3 is 2.52 bits per heavy atom. The van der Waals surface area contributed by atoms with Crippen LogP contribution >= 0.6 is 0 Å². The fourth-order valence-electron chi connectivity index (χ4n) is 4.09. The van der Waals surface area contributed by atoms with Crippen molar-refractivity contribution >= 4 is 11.6 Å². The van der Waals surface area contributed by atoms with Gasteiger partial charge in [-0.15, -0.1) is 0 Å². The van der Waals surface area contributed by atoms with Gasteiger partial charge in [0.1, 0.15) is 5.75 Å². The quantitative estimate of drug-likeness (QED) is 0.739. The Labute approximate surface area is 151 Å². The van der Waals surface area contributed by atoms with Crippen LogP contribution in [0.4, 0.5) is 5.69 Å². The molecule has 3 N–H and O–H groups in total. The van der Waals surface area contributed by atoms with Crippen molar-refractivity contribution in [3.05, 3.63) is 24.3 Å². The van der Waals surface area contributed by atoms with Crippen molar-refractivity contribution in [2.75, 3.05) is 12.4 Å². The van der Waals surface area contributed by atoms with E-state index in [2.05, 4.69) is 50.6 Å². The highest BCUT2D eigenvalue weighted by Gasteiger charge is 2.37. The predicted octanol–water partition coefficient (Wildman–Crippen LogP) is 3.31. The summed E-state index contributed by atoms with van der Waals surface area (Å²) in [4.78, 5) is 12.3. The van der Waals surface area contributed by atoms with E-state index < -0.39 is 0 Å². The van der Waals surface area contributed by atoms with Crippen molar-refractivity contribution in [1.82, 2.24) is 10.6 Å². The molecule has 1 heterocycles. The van der Waals surface area contributed by atoms with E-state index in [-0.39, 0.29) is 23.0 Å². The maximum Gasteiger partial charge on any atom is 0.225 e. The van der Waals surface area contributed by atoms with Gasteiger partial charge in [0.2, 0.25) is 5.91 Å². The fourth-order valence-corrected chi connectivity index (χ4v) is 4.09. The summed E-state index contributed by atoms with van der Waals surface area (Å²) in [5.74, 6) is 0.754. The summed E-state index contributed by atoms with van der Waals surface area (Å²) >= 11 is 0. The zero-order valence-electron chi connectivity index (χ0n) is 16.4. The molecule has 0 radical (unpaired) electrons. The Kier molecular flexibility index (Phi) is 6.12. The van der Waals surface area contributed by atoms with Gasteiger partial charge in [-0.2, -0.15) is 0 Å². The normalized spacial score (nSPS) is 20.7. The van der Waals surface area contributed by atoms with Gasteiger partial charge in [-0.05, 0) is 59.6 Å². The molecule has 0 bridgehead atoms. The molecule has 2 rings (SSSR count). The van der Waals surface area contributed by atoms with E-state index in [1.54, 1.807) is 7.11 Å². The summed E-state index contributed by atoms with van der Waals surface area (Å²) in [7, 11) is 1.62. The molecule has 1 saturated heterocycles. The minimum Gasteiger partial charge on any atom is -0.497 e. The van der Waals surface area contributed by atoms with E-state index in [9.17, 15) is 4.79 Å². The Hall–Kier alpha value is -1.59. The van der Waals surface area contributed by atoms with Gasteiger partial charge in [0.25, 0.3) is 0 Å². The van der Waals surface area contributed by atoms with Gasteiger partial charge in [-0.1, -0.05) is 6.07 Å². The molecule has 5 heteroatoms. The second-order valence-corrected chi connectivity index (χ2v) is 8.55. The Morgan fingerprint density at radius 2 is 1.92 bits per heavy atom. The third kappa shape index (κ3) is 6.33. The average molecular weight is 348 g/mol. The molecule has 0 spiro atoms. The summed E-state index contributed by atoms with van der Waals surface area (Å²) in [6.45, 7) is 11.0. The first-order chi connectivity index (χ1) is 11.6. The van der Waals surface area contributed by atoms with Crippen molar-refractivity contribution in [2.24, 2.45) is 0 Å². The highest BCUT2D eigenvalue weighted by molar-refractivity contribution is 5.91. The van der Waals surface area contributed by atoms with Gasteiger partial charge in [0, 0.05) is 41.3 Å². The van der Waals surface area contributed by atoms with Crippen molar-refractivity contribution in [3.63, 3.8) is 0 Å². The number of carbonyl (C=O) groups is 1. The smallest absolute Gasteiger partial charge is 0.225 e. The summed E-state index contributed by atoms with van der Waals surface area (Å²) in [5, 5.41) is 10.3. The van der Waals surface area contributed by atoms with E-state index in [1.807, 2.05) is 24.3 Å². The molecular formula is C20H33N3O2. The molecule has 1 amide bonds. The molecule has 1 fully saturated rings. The van der Waals surface area contributed by atoms with E-state index in [0.29, 0.717) is 12.5 Å². The number of piperidine rings is 1. The number of benzene rings is 1. The number of amides is 1. The van der Waals surface area contributed by atoms with Crippen LogP contribution in [0.2, 0.25) is 0 Å². The Balaban J connectivity index is 1.86. The Morgan fingerprint density at radius 1 is 1.28 bits per heavy atom. The van der Waals surface area contributed by atoms with Crippen LogP contribution in [0.3, 0.4) is 0 Å². The minimum atomic E-state index is 0.0145. The standard InChI is InChI=1S/C20H33N3O2/c1-14(21-16-12-19(2,3)23-20(4,5)13-16)10-18(24)22-15-8-7-9-17(11-15)25-6/h7-9,11,14,16,21,23H,10,12-13H2,1-6H3,(H,22,24). The molecule has 1 aliphatic rings. The number of ether oxygens (including phenoxy) is 1. The number of hydrogen-bond acceptors (Lipinski definition) is 4. The van der Waals surface area contributed by atoms with Gasteiger partial charge in [0.15, 0.2) is 0 Å². The molecule has 1 aliphatic heterocycles. The molecule has 0 aliphatic carbocycles. The van der Waals surface area contributed by atoms with E-state index in [0.717, 1.165) is 24.3 Å². The van der Waals surface area contributed by atoms with Gasteiger partial charge >= 0.3 is 0 Å². The van der Waals surface area contributed by atoms with Crippen LogP contribution in [0.5, 0.6) is 5.75 Å². The summed E-state index contributed by atoms with van der Waals surface area (Å²) in [6.07, 6.45) is 2.55. The third-order valence-electron chi connectivity index (χ3n) is 4.56. The lowest BCUT2D eigenvalue weighted by Crippen LogP contribution is -2.62. The zero-order chi connectivity index (χ0) is 18.7. The monoisotopic (exact) mass is 347 g/mol. The zero-order valence-corrected chi connectivity index (χ0v) is 16.4. The van der Waals surface area contributed by atoms with Crippen molar-refractivity contribution < 1.29 is 9.53 Å². The van der Waals surface area contributed by atoms with Crippen LogP contribution in [0.25, 0.3) is 0 Å². The average Bonchev–Trinajstić information content (AvgIpc) is 2.43. The first-order valence-corrected chi connectivity index (χ1v) is 9.08. The maximum absolute atomic E-state index is 12.3. The molecule has 140 valence electrons. The molecule has 5 nitrogen and oxygen atoms in total. The number of methoxy groups -OCH3 is 1. The second kappa shape index (κ2) is 7.75. The van der Waals surface area contributed by atoms with Gasteiger partial charge in [-0.3, -0.25) is 4.79 Å². The van der Waals surface area contributed by atoms with Gasteiger partial charge in [0.05, 0.1) is 7.11 Å². The van der Waals surface area contributed by atoms with Crippen LogP contribution in [0, 0.1) is 0 Å². The molecular weight excluding hydrogens is 314 g/mol. The molecule has 0 aromatic heterocycles. The first-order valence-electron chi connectivity index (χ1n) is 9.08. The molecule has 1 unspecified atom stereocenters. The van der Waals surface area contributed by atoms with Gasteiger partial charge in [-0.25, -0.2) is 0 Å². The summed E-state index contributed by atoms with van der Waals surface area (Å²) in [6, 6.07) is 7.96. The van der Waals surface area contributed by atoms with Crippen LogP contribution in [0.15, 0.2) is 24.3 Å². The molecule has 25 heavy (non-hydrogen) atoms. The number of anilines is 1. The highest BCUT2D eigenvalue weighted by atomic mass is 16.5. The fraction of sp³-hybridized carbons (Fsp3) is 0.650. The molecule has 0 saturated carbocycles. The van der Waals surface area contributed by atoms with Crippen molar-refractivity contribution in [1.29, 1.82) is 0 Å². The van der Waals surface area contributed by atoms with Crippen LogP contribution < -0.4 is 20.7 Å². The molecule has 1 atom stereocenters. The van der Waals surface area contributed by atoms with E-state index in [4.69, 9.17) is 4.74 Å². The lowest BCUT2D eigenvalue weighted by molar-refractivity contribution is -0.116. The number of carbonyl (C=O) groups excluding carboxylic acids is 1. The third-order valence-corrected chi connectivity index (χ3v) is 4.56. The predicted molar refractivity (Wildman–Crippen MR) is 103 cm³/mol. The van der Waals surface area contributed by atoms with Crippen LogP contribution in [0.1, 0.15) is 53.9 Å². The van der Waals surface area contributed by atoms with E-state index in [1.165, 1.54) is 0 Å². The molecule has 1 aromatic carbocycles. The van der Waals surface area contributed by atoms with E-state index >= 15 is 0 Å². The SMILES string of the molecule is COc1cccc(NC(=O)CC(C)NC2CC(C)(C)NC(C)(C)C2)c1. The minimum absolute atomic E-state index is 0.0145. The second-order valence-electron chi connectivity index (χ2n) is 8.55. The largest absolute Gasteiger partial charge is 0.497 e. The summed E-state index contributed by atoms with van der Waals surface area (Å²) in [5.41, 5.74) is 0.963.